The first-order chi connectivity index (χ1) is 13.0. The van der Waals surface area contributed by atoms with Crippen molar-refractivity contribution < 1.29 is 14.3 Å². The van der Waals surface area contributed by atoms with Crippen molar-refractivity contribution in [3.63, 3.8) is 0 Å². The molecule has 5 heteroatoms. The predicted molar refractivity (Wildman–Crippen MR) is 107 cm³/mol. The Morgan fingerprint density at radius 1 is 1.07 bits per heavy atom. The highest BCUT2D eigenvalue weighted by molar-refractivity contribution is 6.09. The molecule has 0 aliphatic carbocycles. The molecule has 140 valence electrons. The summed E-state index contributed by atoms with van der Waals surface area (Å²) in [5, 5.41) is 3.77. The number of ether oxygens (including phenoxy) is 1. The van der Waals surface area contributed by atoms with Gasteiger partial charge in [0.05, 0.1) is 6.61 Å². The predicted octanol–water partition coefficient (Wildman–Crippen LogP) is 4.52. The third-order valence-electron chi connectivity index (χ3n) is 4.34. The van der Waals surface area contributed by atoms with Crippen molar-refractivity contribution in [1.29, 1.82) is 0 Å². The van der Waals surface area contributed by atoms with Crippen LogP contribution in [0.3, 0.4) is 0 Å². The number of amides is 1. The number of rotatable bonds is 7. The van der Waals surface area contributed by atoms with Gasteiger partial charge in [0.1, 0.15) is 12.3 Å². The van der Waals surface area contributed by atoms with Crippen molar-refractivity contribution in [2.24, 2.45) is 5.92 Å². The van der Waals surface area contributed by atoms with E-state index in [2.05, 4.69) is 5.32 Å². The zero-order chi connectivity index (χ0) is 19.4. The third kappa shape index (κ3) is 4.19. The second-order valence-electron chi connectivity index (χ2n) is 6.71. The average molecular weight is 364 g/mol. The number of carbonyl (C=O) groups excluding carboxylic acids is 2. The van der Waals surface area contributed by atoms with Gasteiger partial charge in [0.15, 0.2) is 5.78 Å². The molecule has 5 nitrogen and oxygen atoms in total. The van der Waals surface area contributed by atoms with E-state index in [4.69, 9.17) is 4.74 Å². The van der Waals surface area contributed by atoms with Gasteiger partial charge < -0.3 is 14.6 Å². The number of anilines is 1. The molecule has 0 aliphatic rings. The molecule has 0 spiro atoms. The molecule has 3 aromatic rings. The lowest BCUT2D eigenvalue weighted by Gasteiger charge is -2.08. The van der Waals surface area contributed by atoms with Gasteiger partial charge in [-0.1, -0.05) is 32.0 Å². The van der Waals surface area contributed by atoms with Crippen LogP contribution in [0.25, 0.3) is 10.9 Å². The first kappa shape index (κ1) is 18.7. The molecule has 0 saturated heterocycles. The van der Waals surface area contributed by atoms with E-state index < -0.39 is 0 Å². The Bertz CT molecular complexity index is 955. The zero-order valence-corrected chi connectivity index (χ0v) is 15.9. The SMILES string of the molecule is CCOc1ccc(NC(=O)Cn2cc(C(=O)C(C)C)c3ccccc32)cc1. The summed E-state index contributed by atoms with van der Waals surface area (Å²) in [4.78, 5) is 25.0. The minimum Gasteiger partial charge on any atom is -0.494 e. The molecule has 3 rings (SSSR count). The van der Waals surface area contributed by atoms with Gasteiger partial charge in [0.2, 0.25) is 5.91 Å². The molecule has 0 fully saturated rings. The summed E-state index contributed by atoms with van der Waals surface area (Å²) in [6.07, 6.45) is 1.78. The molecule has 27 heavy (non-hydrogen) atoms. The summed E-state index contributed by atoms with van der Waals surface area (Å²) in [5.41, 5.74) is 2.25. The Hall–Kier alpha value is -3.08. The molecule has 0 unspecified atom stereocenters. The maximum absolute atomic E-state index is 12.5. The number of para-hydroxylation sites is 1. The maximum Gasteiger partial charge on any atom is 0.244 e. The number of fused-ring (bicyclic) bond motifs is 1. The first-order valence-electron chi connectivity index (χ1n) is 9.14. The number of nitrogens with one attached hydrogen (secondary N) is 1. The largest absolute Gasteiger partial charge is 0.494 e. The van der Waals surface area contributed by atoms with Crippen LogP contribution in [-0.2, 0) is 11.3 Å². The molecular weight excluding hydrogens is 340 g/mol. The summed E-state index contributed by atoms with van der Waals surface area (Å²) in [7, 11) is 0. The Labute approximate surface area is 158 Å². The van der Waals surface area contributed by atoms with E-state index in [0.29, 0.717) is 17.9 Å². The Balaban J connectivity index is 1.79. The number of Topliss-reactive ketones (excluding diaryl/α,β-unsaturated/α-hetero) is 1. The maximum atomic E-state index is 12.5. The van der Waals surface area contributed by atoms with Crippen LogP contribution in [0, 0.1) is 5.92 Å². The molecule has 1 heterocycles. The van der Waals surface area contributed by atoms with E-state index in [1.807, 2.05) is 73.9 Å². The first-order valence-corrected chi connectivity index (χ1v) is 9.14. The van der Waals surface area contributed by atoms with E-state index in [1.165, 1.54) is 0 Å². The van der Waals surface area contributed by atoms with E-state index in [0.717, 1.165) is 16.7 Å². The molecule has 0 saturated carbocycles. The fourth-order valence-electron chi connectivity index (χ4n) is 3.04. The van der Waals surface area contributed by atoms with Gasteiger partial charge in [-0.2, -0.15) is 0 Å². The molecule has 0 aliphatic heterocycles. The van der Waals surface area contributed by atoms with E-state index in [9.17, 15) is 9.59 Å². The van der Waals surface area contributed by atoms with Crippen molar-refractivity contribution in [2.45, 2.75) is 27.3 Å². The van der Waals surface area contributed by atoms with Crippen molar-refractivity contribution >= 4 is 28.3 Å². The van der Waals surface area contributed by atoms with Gasteiger partial charge in [0, 0.05) is 34.3 Å². The number of hydrogen-bond donors (Lipinski definition) is 1. The van der Waals surface area contributed by atoms with Crippen LogP contribution in [0.2, 0.25) is 0 Å². The van der Waals surface area contributed by atoms with Crippen LogP contribution in [-0.4, -0.2) is 22.9 Å². The molecule has 1 amide bonds. The smallest absolute Gasteiger partial charge is 0.244 e. The van der Waals surface area contributed by atoms with Crippen LogP contribution >= 0.6 is 0 Å². The number of benzene rings is 2. The molecule has 0 bridgehead atoms. The minimum atomic E-state index is -0.150. The summed E-state index contributed by atoms with van der Waals surface area (Å²) in [5.74, 6) is 0.603. The quantitative estimate of drug-likeness (QED) is 0.627. The highest BCUT2D eigenvalue weighted by atomic mass is 16.5. The highest BCUT2D eigenvalue weighted by Crippen LogP contribution is 2.24. The van der Waals surface area contributed by atoms with Gasteiger partial charge in [-0.25, -0.2) is 0 Å². The van der Waals surface area contributed by atoms with Crippen molar-refractivity contribution in [3.8, 4) is 5.75 Å². The lowest BCUT2D eigenvalue weighted by Crippen LogP contribution is -2.18. The molecule has 1 N–H and O–H groups in total. The summed E-state index contributed by atoms with van der Waals surface area (Å²) in [6.45, 7) is 6.43. The Morgan fingerprint density at radius 3 is 2.44 bits per heavy atom. The van der Waals surface area contributed by atoms with Crippen LogP contribution in [0.15, 0.2) is 54.7 Å². The normalized spacial score (nSPS) is 11.0. The topological polar surface area (TPSA) is 60.3 Å². The number of aromatic nitrogens is 1. The number of nitrogens with zero attached hydrogens (tertiary/aromatic N) is 1. The van der Waals surface area contributed by atoms with Crippen LogP contribution in [0.1, 0.15) is 31.1 Å². The van der Waals surface area contributed by atoms with E-state index >= 15 is 0 Å². The number of hydrogen-bond acceptors (Lipinski definition) is 3. The Morgan fingerprint density at radius 2 is 1.78 bits per heavy atom. The third-order valence-corrected chi connectivity index (χ3v) is 4.34. The highest BCUT2D eigenvalue weighted by Gasteiger charge is 2.18. The fourth-order valence-corrected chi connectivity index (χ4v) is 3.04. The summed E-state index contributed by atoms with van der Waals surface area (Å²) in [6, 6.07) is 14.9. The monoisotopic (exact) mass is 364 g/mol. The molecule has 0 atom stereocenters. The standard InChI is InChI=1S/C22H24N2O3/c1-4-27-17-11-9-16(10-12-17)23-21(25)14-24-13-19(22(26)15(2)3)18-7-5-6-8-20(18)24/h5-13,15H,4,14H2,1-3H3,(H,23,25). The van der Waals surface area contributed by atoms with E-state index in [-0.39, 0.29) is 24.2 Å². The fraction of sp³-hybridized carbons (Fsp3) is 0.273. The van der Waals surface area contributed by atoms with Gasteiger partial charge in [-0.05, 0) is 37.3 Å². The second kappa shape index (κ2) is 8.08. The minimum absolute atomic E-state index is 0.0804. The van der Waals surface area contributed by atoms with Crippen LogP contribution in [0.5, 0.6) is 5.75 Å². The van der Waals surface area contributed by atoms with Crippen molar-refractivity contribution in [1.82, 2.24) is 4.57 Å². The van der Waals surface area contributed by atoms with Crippen molar-refractivity contribution in [2.75, 3.05) is 11.9 Å². The van der Waals surface area contributed by atoms with Gasteiger partial charge in [-0.15, -0.1) is 0 Å². The molecule has 0 radical (unpaired) electrons. The zero-order valence-electron chi connectivity index (χ0n) is 15.9. The average Bonchev–Trinajstić information content (AvgIpc) is 3.01. The lowest BCUT2D eigenvalue weighted by molar-refractivity contribution is -0.116. The summed E-state index contributed by atoms with van der Waals surface area (Å²) >= 11 is 0. The van der Waals surface area contributed by atoms with Crippen molar-refractivity contribution in [3.05, 3.63) is 60.3 Å². The molecular formula is C22H24N2O3. The van der Waals surface area contributed by atoms with Gasteiger partial charge >= 0.3 is 0 Å². The van der Waals surface area contributed by atoms with Crippen LogP contribution < -0.4 is 10.1 Å². The van der Waals surface area contributed by atoms with E-state index in [1.54, 1.807) is 6.20 Å². The molecule has 2 aromatic carbocycles. The summed E-state index contributed by atoms with van der Waals surface area (Å²) < 4.78 is 7.23. The number of ketones is 1. The number of carbonyl (C=O) groups is 2. The lowest BCUT2D eigenvalue weighted by atomic mass is 10.0. The second-order valence-corrected chi connectivity index (χ2v) is 6.71. The van der Waals surface area contributed by atoms with Crippen LogP contribution in [0.4, 0.5) is 5.69 Å². The Kier molecular flexibility index (Phi) is 5.60. The van der Waals surface area contributed by atoms with Gasteiger partial charge in [-0.3, -0.25) is 9.59 Å². The van der Waals surface area contributed by atoms with Gasteiger partial charge in [0.25, 0.3) is 0 Å². The molecule has 1 aromatic heterocycles.